The highest BCUT2D eigenvalue weighted by molar-refractivity contribution is 5.63. The predicted molar refractivity (Wildman–Crippen MR) is 26.5 cm³/mol. The van der Waals surface area contributed by atoms with Crippen LogP contribution in [0.4, 0.5) is 30.7 Å². The maximum atomic E-state index is 12.0. The third kappa shape index (κ3) is 1.75. The largest absolute Gasteiger partial charge is 0.382 e. The summed E-state index contributed by atoms with van der Waals surface area (Å²) >= 11 is 0. The minimum absolute atomic E-state index is 0.558. The van der Waals surface area contributed by atoms with Gasteiger partial charge in [-0.15, -0.1) is 0 Å². The first-order valence-electron chi connectivity index (χ1n) is 2.71. The Morgan fingerprint density at radius 3 is 1.62 bits per heavy atom. The fourth-order valence-corrected chi connectivity index (χ4v) is 0.378. The molecular weight excluding hydrogens is 209 g/mol. The fraction of sp³-hybridized carbons (Fsp3) is 0.800. The second-order valence-electron chi connectivity index (χ2n) is 2.09. The molecule has 13 heavy (non-hydrogen) atoms. The molecule has 77 valence electrons. The Kier molecular flexibility index (Phi) is 2.95. The number of alkyl halides is 7. The van der Waals surface area contributed by atoms with Gasteiger partial charge in [0.25, 0.3) is 6.29 Å². The van der Waals surface area contributed by atoms with E-state index < -0.39 is 30.7 Å². The van der Waals surface area contributed by atoms with Crippen molar-refractivity contribution in [2.45, 2.75) is 17.8 Å². The lowest BCUT2D eigenvalue weighted by Gasteiger charge is -2.27. The topological polar surface area (TPSA) is 17.1 Å². The van der Waals surface area contributed by atoms with Crippen LogP contribution in [0.1, 0.15) is 0 Å². The zero-order valence-electron chi connectivity index (χ0n) is 5.76. The normalized spacial score (nSPS) is 14.4. The average molecular weight is 211 g/mol. The molecule has 0 heterocycles. The summed E-state index contributed by atoms with van der Waals surface area (Å²) in [7, 11) is 0. The van der Waals surface area contributed by atoms with Gasteiger partial charge >= 0.3 is 17.8 Å². The van der Waals surface area contributed by atoms with Crippen LogP contribution in [-0.2, 0) is 4.79 Å². The van der Waals surface area contributed by atoms with Crippen LogP contribution in [0.2, 0.25) is 0 Å². The molecule has 0 aromatic heterocycles. The Morgan fingerprint density at radius 1 is 1.00 bits per heavy atom. The monoisotopic (exact) mass is 211 g/mol. The van der Waals surface area contributed by atoms with E-state index in [9.17, 15) is 35.5 Å². The summed E-state index contributed by atoms with van der Waals surface area (Å²) in [4.78, 5) is 9.23. The van der Waals surface area contributed by atoms with E-state index in [0.717, 1.165) is 0 Å². The molecule has 0 rings (SSSR count). The van der Waals surface area contributed by atoms with Crippen molar-refractivity contribution < 1.29 is 35.5 Å². The zero-order valence-corrected chi connectivity index (χ0v) is 5.76. The Labute approximate surface area is 67.5 Å². The van der Waals surface area contributed by atoms with Crippen molar-refractivity contribution in [3.63, 3.8) is 0 Å². The number of halogens is 7. The van der Waals surface area contributed by atoms with Gasteiger partial charge in [-0.05, 0) is 0 Å². The predicted octanol–water partition coefficient (Wildman–Crippen LogP) is 1.97. The Morgan fingerprint density at radius 2 is 1.38 bits per heavy atom. The van der Waals surface area contributed by atoms with Crippen LogP contribution in [-0.4, -0.2) is 30.7 Å². The molecule has 0 aliphatic carbocycles. The minimum Gasteiger partial charge on any atom is -0.283 e. The van der Waals surface area contributed by atoms with E-state index in [1.807, 2.05) is 0 Å². The summed E-state index contributed by atoms with van der Waals surface area (Å²) in [5.41, 5.74) is 0. The van der Waals surface area contributed by atoms with Crippen molar-refractivity contribution in [1.82, 2.24) is 0 Å². The Balaban J connectivity index is 5.06. The van der Waals surface area contributed by atoms with Gasteiger partial charge in [0.2, 0.25) is 0 Å². The average Bonchev–Trinajstić information content (AvgIpc) is 2.03. The quantitative estimate of drug-likeness (QED) is 0.649. The van der Waals surface area contributed by atoms with Gasteiger partial charge in [0.1, 0.15) is 0 Å². The number of hydrogen-bond donors (Lipinski definition) is 0. The molecule has 0 unspecified atom stereocenters. The summed E-state index contributed by atoms with van der Waals surface area (Å²) in [5.74, 6) is -17.4. The van der Waals surface area contributed by atoms with Gasteiger partial charge < -0.3 is 0 Å². The first kappa shape index (κ1) is 12.2. The van der Waals surface area contributed by atoms with Crippen molar-refractivity contribution in [3.8, 4) is 0 Å². The molecule has 0 saturated heterocycles. The highest BCUT2D eigenvalue weighted by atomic mass is 19.3. The molecule has 0 spiro atoms. The summed E-state index contributed by atoms with van der Waals surface area (Å²) in [5, 5.41) is 0. The maximum Gasteiger partial charge on any atom is 0.382 e. The fourth-order valence-electron chi connectivity index (χ4n) is 0.378. The molecular formula is C5H2F7O. The number of rotatable bonds is 4. The van der Waals surface area contributed by atoms with Crippen LogP contribution in [0.5, 0.6) is 0 Å². The van der Waals surface area contributed by atoms with E-state index in [2.05, 4.69) is 0 Å². The van der Waals surface area contributed by atoms with Crippen LogP contribution in [0.25, 0.3) is 0 Å². The molecule has 0 fully saturated rings. The molecule has 0 aromatic rings. The Hall–Kier alpha value is -0.820. The minimum atomic E-state index is -6.07. The van der Waals surface area contributed by atoms with E-state index in [0.29, 0.717) is 0 Å². The number of carbonyl (C=O) groups excluding carboxylic acids is 1. The SMILES string of the molecule is O=[C]C(F)(F)C(F)(F)C(F)(F)CF. The second-order valence-corrected chi connectivity index (χ2v) is 2.09. The molecule has 1 radical (unpaired) electrons. The summed E-state index contributed by atoms with van der Waals surface area (Å²) in [6.07, 6.45) is -0.558. The molecule has 0 saturated carbocycles. The standard InChI is InChI=1S/C5H2F7O/c6-1-3(7,8)5(11,12)4(9,10)2-13/h1H2. The van der Waals surface area contributed by atoms with Crippen molar-refractivity contribution in [3.05, 3.63) is 0 Å². The van der Waals surface area contributed by atoms with Crippen molar-refractivity contribution in [1.29, 1.82) is 0 Å². The molecule has 0 aliphatic heterocycles. The van der Waals surface area contributed by atoms with Crippen molar-refractivity contribution in [2.24, 2.45) is 0 Å². The lowest BCUT2D eigenvalue weighted by Crippen LogP contribution is -2.56. The third-order valence-electron chi connectivity index (χ3n) is 1.15. The molecule has 1 nitrogen and oxygen atoms in total. The van der Waals surface area contributed by atoms with E-state index in [-0.39, 0.29) is 0 Å². The van der Waals surface area contributed by atoms with E-state index >= 15 is 0 Å². The van der Waals surface area contributed by atoms with Crippen LogP contribution in [0.3, 0.4) is 0 Å². The summed E-state index contributed by atoms with van der Waals surface area (Å²) < 4.78 is 82.4. The smallest absolute Gasteiger partial charge is 0.283 e. The van der Waals surface area contributed by atoms with Crippen LogP contribution in [0, 0.1) is 0 Å². The molecule has 0 atom stereocenters. The van der Waals surface area contributed by atoms with Gasteiger partial charge in [0.15, 0.2) is 6.67 Å². The summed E-state index contributed by atoms with van der Waals surface area (Å²) in [6.45, 7) is -2.99. The first-order valence-corrected chi connectivity index (χ1v) is 2.71. The molecule has 0 bridgehead atoms. The van der Waals surface area contributed by atoms with Gasteiger partial charge in [0, 0.05) is 0 Å². The van der Waals surface area contributed by atoms with Gasteiger partial charge in [-0.25, -0.2) is 4.39 Å². The van der Waals surface area contributed by atoms with Crippen LogP contribution >= 0.6 is 0 Å². The van der Waals surface area contributed by atoms with E-state index in [1.165, 1.54) is 0 Å². The lowest BCUT2D eigenvalue weighted by atomic mass is 10.1. The number of hydrogen-bond acceptors (Lipinski definition) is 1. The van der Waals surface area contributed by atoms with Gasteiger partial charge in [-0.1, -0.05) is 0 Å². The van der Waals surface area contributed by atoms with Crippen molar-refractivity contribution >= 4 is 6.29 Å². The van der Waals surface area contributed by atoms with Crippen LogP contribution < -0.4 is 0 Å². The lowest BCUT2D eigenvalue weighted by molar-refractivity contribution is -0.288. The molecule has 0 amide bonds. The van der Waals surface area contributed by atoms with Gasteiger partial charge in [-0.3, -0.25) is 4.79 Å². The highest BCUT2D eigenvalue weighted by Gasteiger charge is 2.72. The van der Waals surface area contributed by atoms with E-state index in [1.54, 1.807) is 0 Å². The summed E-state index contributed by atoms with van der Waals surface area (Å²) in [6, 6.07) is 0. The zero-order chi connectivity index (χ0) is 10.9. The Bertz CT molecular complexity index is 199. The molecule has 8 heteroatoms. The van der Waals surface area contributed by atoms with Gasteiger partial charge in [0.05, 0.1) is 0 Å². The highest BCUT2D eigenvalue weighted by Crippen LogP contribution is 2.44. The van der Waals surface area contributed by atoms with Gasteiger partial charge in [-0.2, -0.15) is 26.3 Å². The molecule has 0 aliphatic rings. The second kappa shape index (κ2) is 3.15. The molecule has 0 N–H and O–H groups in total. The van der Waals surface area contributed by atoms with Crippen molar-refractivity contribution in [2.75, 3.05) is 6.67 Å². The third-order valence-corrected chi connectivity index (χ3v) is 1.15. The maximum absolute atomic E-state index is 12.0. The first-order chi connectivity index (χ1) is 5.62. The van der Waals surface area contributed by atoms with Crippen LogP contribution in [0.15, 0.2) is 0 Å². The van der Waals surface area contributed by atoms with E-state index in [4.69, 9.17) is 0 Å². The molecule has 0 aromatic carbocycles.